The van der Waals surface area contributed by atoms with Crippen LogP contribution in [0.2, 0.25) is 0 Å². The van der Waals surface area contributed by atoms with Gasteiger partial charge in [0.1, 0.15) is 0 Å². The lowest BCUT2D eigenvalue weighted by atomic mass is 10.0. The van der Waals surface area contributed by atoms with E-state index >= 15 is 0 Å². The predicted molar refractivity (Wildman–Crippen MR) is 68.2 cm³/mol. The van der Waals surface area contributed by atoms with E-state index in [1.54, 1.807) is 6.08 Å². The van der Waals surface area contributed by atoms with Gasteiger partial charge in [-0.2, -0.15) is 0 Å². The van der Waals surface area contributed by atoms with Gasteiger partial charge in [-0.3, -0.25) is 4.79 Å². The predicted octanol–water partition coefficient (Wildman–Crippen LogP) is 2.20. The average molecular weight is 248 g/mol. The topological polar surface area (TPSA) is 63.6 Å². The number of hydrogen-bond acceptors (Lipinski definition) is 3. The Hall–Kier alpha value is -2.10. The second-order valence-electron chi connectivity index (χ2n) is 3.94. The van der Waals surface area contributed by atoms with Gasteiger partial charge in [0, 0.05) is 12.5 Å². The molecule has 0 aliphatic heterocycles. The molecule has 0 aromatic heterocycles. The summed E-state index contributed by atoms with van der Waals surface area (Å²) in [6.07, 6.45) is 3.56. The molecule has 1 rings (SSSR count). The van der Waals surface area contributed by atoms with Crippen molar-refractivity contribution in [3.8, 4) is 0 Å². The third-order valence-electron chi connectivity index (χ3n) is 2.59. The van der Waals surface area contributed by atoms with Crippen LogP contribution in [0.25, 0.3) is 6.08 Å². The van der Waals surface area contributed by atoms with Crippen molar-refractivity contribution in [1.82, 2.24) is 0 Å². The Morgan fingerprint density at radius 1 is 1.39 bits per heavy atom. The van der Waals surface area contributed by atoms with Crippen LogP contribution >= 0.6 is 0 Å². The third kappa shape index (κ3) is 4.41. The summed E-state index contributed by atoms with van der Waals surface area (Å²) in [5.41, 5.74) is 2.82. The normalized spacial score (nSPS) is 10.6. The molecule has 0 amide bonds. The molecule has 0 fully saturated rings. The summed E-state index contributed by atoms with van der Waals surface area (Å²) >= 11 is 0. The van der Waals surface area contributed by atoms with E-state index in [4.69, 9.17) is 5.11 Å². The van der Waals surface area contributed by atoms with Crippen LogP contribution in [-0.2, 0) is 20.7 Å². The van der Waals surface area contributed by atoms with Crippen molar-refractivity contribution in [3.05, 3.63) is 41.0 Å². The number of benzene rings is 1. The Morgan fingerprint density at radius 2 is 2.11 bits per heavy atom. The summed E-state index contributed by atoms with van der Waals surface area (Å²) in [6, 6.07) is 5.72. The maximum Gasteiger partial charge on any atom is 0.328 e. The largest absolute Gasteiger partial charge is 0.478 e. The Bertz CT molecular complexity index is 475. The second kappa shape index (κ2) is 6.59. The maximum atomic E-state index is 11.0. The zero-order valence-corrected chi connectivity index (χ0v) is 10.5. The van der Waals surface area contributed by atoms with Gasteiger partial charge in [0.25, 0.3) is 0 Å². The summed E-state index contributed by atoms with van der Waals surface area (Å²) in [5.74, 6) is -1.23. The quantitative estimate of drug-likeness (QED) is 0.641. The van der Waals surface area contributed by atoms with Gasteiger partial charge in [0.05, 0.1) is 7.11 Å². The van der Waals surface area contributed by atoms with Crippen LogP contribution in [0.5, 0.6) is 0 Å². The van der Waals surface area contributed by atoms with Crippen LogP contribution in [0.3, 0.4) is 0 Å². The Morgan fingerprint density at radius 3 is 2.72 bits per heavy atom. The van der Waals surface area contributed by atoms with Crippen molar-refractivity contribution in [2.24, 2.45) is 0 Å². The molecule has 1 aromatic carbocycles. The van der Waals surface area contributed by atoms with Crippen LogP contribution in [-0.4, -0.2) is 24.2 Å². The highest BCUT2D eigenvalue weighted by Gasteiger charge is 2.03. The highest BCUT2D eigenvalue weighted by molar-refractivity contribution is 5.85. The fourth-order valence-corrected chi connectivity index (χ4v) is 1.53. The van der Waals surface area contributed by atoms with Gasteiger partial charge < -0.3 is 9.84 Å². The van der Waals surface area contributed by atoms with Crippen LogP contribution < -0.4 is 0 Å². The third-order valence-corrected chi connectivity index (χ3v) is 2.59. The fourth-order valence-electron chi connectivity index (χ4n) is 1.53. The van der Waals surface area contributed by atoms with Crippen molar-refractivity contribution in [1.29, 1.82) is 0 Å². The van der Waals surface area contributed by atoms with Gasteiger partial charge in [-0.15, -0.1) is 0 Å². The first-order chi connectivity index (χ1) is 8.52. The summed E-state index contributed by atoms with van der Waals surface area (Å²) in [5, 5.41) is 8.60. The number of hydrogen-bond donors (Lipinski definition) is 1. The highest BCUT2D eigenvalue weighted by Crippen LogP contribution is 2.14. The van der Waals surface area contributed by atoms with E-state index in [2.05, 4.69) is 4.74 Å². The van der Waals surface area contributed by atoms with Crippen LogP contribution in [0.1, 0.15) is 23.1 Å². The number of carboxylic acids is 1. The number of methoxy groups -OCH3 is 1. The summed E-state index contributed by atoms with van der Waals surface area (Å²) in [6.45, 7) is 1.91. The van der Waals surface area contributed by atoms with E-state index in [1.165, 1.54) is 7.11 Å². The molecule has 0 spiro atoms. The van der Waals surface area contributed by atoms with Crippen molar-refractivity contribution < 1.29 is 19.4 Å². The fraction of sp³-hybridized carbons (Fsp3) is 0.286. The zero-order valence-electron chi connectivity index (χ0n) is 10.5. The lowest BCUT2D eigenvalue weighted by molar-refractivity contribution is -0.140. The summed E-state index contributed by atoms with van der Waals surface area (Å²) < 4.78 is 4.57. The molecule has 0 aliphatic carbocycles. The monoisotopic (exact) mass is 248 g/mol. The molecule has 96 valence electrons. The molecule has 1 aromatic rings. The van der Waals surface area contributed by atoms with Crippen molar-refractivity contribution in [2.45, 2.75) is 19.8 Å². The van der Waals surface area contributed by atoms with E-state index in [1.807, 2.05) is 25.1 Å². The molecule has 0 radical (unpaired) electrons. The molecular weight excluding hydrogens is 232 g/mol. The van der Waals surface area contributed by atoms with Gasteiger partial charge in [-0.1, -0.05) is 18.2 Å². The maximum absolute atomic E-state index is 11.0. The molecule has 0 saturated carbocycles. The average Bonchev–Trinajstić information content (AvgIpc) is 2.35. The van der Waals surface area contributed by atoms with E-state index < -0.39 is 5.97 Å². The second-order valence-corrected chi connectivity index (χ2v) is 3.94. The van der Waals surface area contributed by atoms with E-state index in [0.717, 1.165) is 22.8 Å². The Kier molecular flexibility index (Phi) is 5.11. The van der Waals surface area contributed by atoms with Crippen molar-refractivity contribution in [2.75, 3.05) is 7.11 Å². The molecule has 0 unspecified atom stereocenters. The van der Waals surface area contributed by atoms with E-state index in [9.17, 15) is 9.59 Å². The summed E-state index contributed by atoms with van der Waals surface area (Å²) in [4.78, 5) is 21.5. The van der Waals surface area contributed by atoms with Crippen LogP contribution in [0, 0.1) is 6.92 Å². The number of carboxylic acid groups (broad SMARTS) is 1. The van der Waals surface area contributed by atoms with Crippen LogP contribution in [0.15, 0.2) is 24.3 Å². The van der Waals surface area contributed by atoms with Crippen molar-refractivity contribution in [3.63, 3.8) is 0 Å². The summed E-state index contributed by atoms with van der Waals surface area (Å²) in [7, 11) is 1.36. The zero-order chi connectivity index (χ0) is 13.5. The minimum atomic E-state index is -0.977. The number of ether oxygens (including phenoxy) is 1. The molecular formula is C14H16O4. The number of aryl methyl sites for hydroxylation is 2. The first-order valence-electron chi connectivity index (χ1n) is 5.60. The van der Waals surface area contributed by atoms with Gasteiger partial charge in [-0.05, 0) is 36.1 Å². The lowest BCUT2D eigenvalue weighted by Gasteiger charge is -2.05. The standard InChI is InChI=1S/C14H16O4/c1-10-3-4-11(5-8-14(17)18-2)9-12(10)6-7-13(15)16/h3-4,6-7,9H,5,8H2,1-2H3,(H,15,16)/b7-6+. The number of rotatable bonds is 5. The van der Waals surface area contributed by atoms with Crippen molar-refractivity contribution >= 4 is 18.0 Å². The molecule has 0 heterocycles. The molecule has 0 saturated heterocycles. The number of carbonyl (C=O) groups excluding carboxylic acids is 1. The van der Waals surface area contributed by atoms with E-state index in [0.29, 0.717) is 12.8 Å². The molecule has 0 bridgehead atoms. The smallest absolute Gasteiger partial charge is 0.328 e. The van der Waals surface area contributed by atoms with Gasteiger partial charge in [-0.25, -0.2) is 4.79 Å². The number of carbonyl (C=O) groups is 2. The molecule has 18 heavy (non-hydrogen) atoms. The molecule has 4 nitrogen and oxygen atoms in total. The van der Waals surface area contributed by atoms with Gasteiger partial charge >= 0.3 is 11.9 Å². The first kappa shape index (κ1) is 14.0. The Labute approximate surface area is 106 Å². The van der Waals surface area contributed by atoms with E-state index in [-0.39, 0.29) is 5.97 Å². The molecule has 1 N–H and O–H groups in total. The molecule has 4 heteroatoms. The SMILES string of the molecule is COC(=O)CCc1ccc(C)c(/C=C/C(=O)O)c1. The molecule has 0 aliphatic rings. The Balaban J connectivity index is 2.80. The molecule has 0 atom stereocenters. The lowest BCUT2D eigenvalue weighted by Crippen LogP contribution is -2.02. The minimum absolute atomic E-state index is 0.252. The van der Waals surface area contributed by atoms with Crippen LogP contribution in [0.4, 0.5) is 0 Å². The first-order valence-corrected chi connectivity index (χ1v) is 5.60. The van der Waals surface area contributed by atoms with Gasteiger partial charge in [0.2, 0.25) is 0 Å². The minimum Gasteiger partial charge on any atom is -0.478 e. The number of aliphatic carboxylic acids is 1. The van der Waals surface area contributed by atoms with Gasteiger partial charge in [0.15, 0.2) is 0 Å². The highest BCUT2D eigenvalue weighted by atomic mass is 16.5. The number of esters is 1.